The predicted octanol–water partition coefficient (Wildman–Crippen LogP) is 0.374. The number of nitrogens with zero attached hydrogens (tertiary/aromatic N) is 1. The lowest BCUT2D eigenvalue weighted by molar-refractivity contribution is -0.123. The van der Waals surface area contributed by atoms with Crippen molar-refractivity contribution in [1.29, 1.82) is 0 Å². The van der Waals surface area contributed by atoms with Crippen LogP contribution in [-0.2, 0) is 4.74 Å². The average Bonchev–Trinajstić information content (AvgIpc) is 2.07. The first-order valence-electron chi connectivity index (χ1n) is 4.52. The molecule has 3 rings (SSSR count). The third-order valence-corrected chi connectivity index (χ3v) is 2.55. The molecule has 3 heterocycles. The zero-order valence-corrected chi connectivity index (χ0v) is 7.05. The van der Waals surface area contributed by atoms with Crippen molar-refractivity contribution in [2.24, 2.45) is 0 Å². The van der Waals surface area contributed by atoms with Gasteiger partial charge in [0.1, 0.15) is 0 Å². The van der Waals surface area contributed by atoms with Crippen molar-refractivity contribution in [2.45, 2.75) is 31.9 Å². The lowest BCUT2D eigenvalue weighted by Gasteiger charge is -2.44. The van der Waals surface area contributed by atoms with E-state index in [4.69, 9.17) is 4.74 Å². The topological polar surface area (TPSA) is 24.5 Å². The molecule has 64 valence electrons. The molecule has 3 aliphatic heterocycles. The molecule has 3 fully saturated rings. The van der Waals surface area contributed by atoms with Crippen LogP contribution in [0.1, 0.15) is 19.8 Å². The van der Waals surface area contributed by atoms with E-state index in [0.717, 1.165) is 19.7 Å². The maximum atomic E-state index is 5.57. The van der Waals surface area contributed by atoms with Gasteiger partial charge in [0.2, 0.25) is 0 Å². The summed E-state index contributed by atoms with van der Waals surface area (Å²) in [4.78, 5) is 0. The summed E-state index contributed by atoms with van der Waals surface area (Å²) in [6.45, 7) is 5.18. The number of hydrogen-bond acceptors (Lipinski definition) is 3. The highest BCUT2D eigenvalue weighted by atomic mass is 16.5. The molecule has 0 aromatic carbocycles. The van der Waals surface area contributed by atoms with Gasteiger partial charge in [-0.05, 0) is 12.8 Å². The zero-order chi connectivity index (χ0) is 7.68. The summed E-state index contributed by atoms with van der Waals surface area (Å²) in [5.74, 6) is 0. The molecule has 2 bridgehead atoms. The summed E-state index contributed by atoms with van der Waals surface area (Å²) < 4.78 is 5.57. The van der Waals surface area contributed by atoms with Gasteiger partial charge in [-0.25, -0.2) is 5.01 Å². The monoisotopic (exact) mass is 156 g/mol. The molecule has 0 spiro atoms. The van der Waals surface area contributed by atoms with Crippen LogP contribution < -0.4 is 5.43 Å². The number of hydrazine groups is 1. The maximum Gasteiger partial charge on any atom is 0.0717 e. The van der Waals surface area contributed by atoms with Gasteiger partial charge in [-0.2, -0.15) is 0 Å². The molecule has 0 aromatic rings. The maximum absolute atomic E-state index is 5.57. The summed E-state index contributed by atoms with van der Waals surface area (Å²) in [5.41, 5.74) is 3.37. The van der Waals surface area contributed by atoms with Gasteiger partial charge in [-0.15, -0.1) is 0 Å². The molecule has 1 N–H and O–H groups in total. The van der Waals surface area contributed by atoms with Gasteiger partial charge in [-0.1, -0.05) is 6.92 Å². The number of morpholine rings is 1. The largest absolute Gasteiger partial charge is 0.375 e. The van der Waals surface area contributed by atoms with Crippen molar-refractivity contribution < 1.29 is 4.74 Å². The van der Waals surface area contributed by atoms with Crippen LogP contribution in [0.15, 0.2) is 0 Å². The fourth-order valence-electron chi connectivity index (χ4n) is 1.95. The van der Waals surface area contributed by atoms with Gasteiger partial charge >= 0.3 is 0 Å². The highest BCUT2D eigenvalue weighted by Crippen LogP contribution is 2.24. The minimum atomic E-state index is 0.499. The molecular weight excluding hydrogens is 140 g/mol. The van der Waals surface area contributed by atoms with E-state index in [1.807, 2.05) is 0 Å². The zero-order valence-electron chi connectivity index (χ0n) is 7.05. The Labute approximate surface area is 67.7 Å². The Hall–Kier alpha value is -0.120. The molecule has 0 saturated carbocycles. The molecule has 0 unspecified atom stereocenters. The first-order chi connectivity index (χ1) is 5.40. The van der Waals surface area contributed by atoms with Crippen LogP contribution in [0.2, 0.25) is 0 Å². The fourth-order valence-corrected chi connectivity index (χ4v) is 1.95. The molecule has 2 atom stereocenters. The van der Waals surface area contributed by atoms with Gasteiger partial charge in [0.15, 0.2) is 0 Å². The van der Waals surface area contributed by atoms with Crippen molar-refractivity contribution in [3.8, 4) is 0 Å². The summed E-state index contributed by atoms with van der Waals surface area (Å²) in [6.07, 6.45) is 3.06. The Balaban J connectivity index is 1.92. The van der Waals surface area contributed by atoms with Crippen LogP contribution in [-0.4, -0.2) is 36.9 Å². The second-order valence-corrected chi connectivity index (χ2v) is 3.35. The fraction of sp³-hybridized carbons (Fsp3) is 1.00. The smallest absolute Gasteiger partial charge is 0.0717 e. The number of piperidine rings is 1. The first-order valence-corrected chi connectivity index (χ1v) is 4.52. The highest BCUT2D eigenvalue weighted by Gasteiger charge is 2.33. The Morgan fingerprint density at radius 3 is 2.91 bits per heavy atom. The van der Waals surface area contributed by atoms with Gasteiger partial charge in [-0.3, -0.25) is 5.43 Å². The SMILES string of the molecule is CCNN1C[C@H]2CC[C@@H]1CO2. The normalized spacial score (nSPS) is 37.9. The Kier molecular flexibility index (Phi) is 2.11. The van der Waals surface area contributed by atoms with Crippen LogP contribution in [0.25, 0.3) is 0 Å². The Bertz CT molecular complexity index is 132. The quantitative estimate of drug-likeness (QED) is 0.625. The lowest BCUT2D eigenvalue weighted by atomic mass is 9.99. The summed E-state index contributed by atoms with van der Waals surface area (Å²) >= 11 is 0. The second-order valence-electron chi connectivity index (χ2n) is 3.35. The summed E-state index contributed by atoms with van der Waals surface area (Å²) in [6, 6.07) is 0.639. The minimum Gasteiger partial charge on any atom is -0.375 e. The summed E-state index contributed by atoms with van der Waals surface area (Å²) in [7, 11) is 0. The van der Waals surface area contributed by atoms with E-state index < -0.39 is 0 Å². The minimum absolute atomic E-state index is 0.499. The molecule has 11 heavy (non-hydrogen) atoms. The molecule has 0 aromatic heterocycles. The van der Waals surface area contributed by atoms with E-state index in [0.29, 0.717) is 12.1 Å². The number of fused-ring (bicyclic) bond motifs is 3. The second kappa shape index (κ2) is 3.09. The molecule has 3 heteroatoms. The van der Waals surface area contributed by atoms with Crippen LogP contribution >= 0.6 is 0 Å². The third kappa shape index (κ3) is 1.41. The van der Waals surface area contributed by atoms with Crippen molar-refractivity contribution in [3.05, 3.63) is 0 Å². The highest BCUT2D eigenvalue weighted by molar-refractivity contribution is 4.84. The van der Waals surface area contributed by atoms with Crippen LogP contribution in [0.3, 0.4) is 0 Å². The van der Waals surface area contributed by atoms with Gasteiger partial charge in [0.05, 0.1) is 12.7 Å². The van der Waals surface area contributed by atoms with E-state index >= 15 is 0 Å². The molecule has 3 aliphatic rings. The number of hydrogen-bond donors (Lipinski definition) is 1. The predicted molar refractivity (Wildman–Crippen MR) is 43.1 cm³/mol. The van der Waals surface area contributed by atoms with Crippen molar-refractivity contribution in [1.82, 2.24) is 10.4 Å². The third-order valence-electron chi connectivity index (χ3n) is 2.55. The van der Waals surface area contributed by atoms with Crippen molar-refractivity contribution in [3.63, 3.8) is 0 Å². The van der Waals surface area contributed by atoms with Crippen molar-refractivity contribution >= 4 is 0 Å². The van der Waals surface area contributed by atoms with E-state index in [1.165, 1.54) is 12.8 Å². The standard InChI is InChI=1S/C8H16N2O/c1-2-9-10-5-8-4-3-7(10)6-11-8/h7-9H,2-6H2,1H3/t7-,8-/m1/s1. The van der Waals surface area contributed by atoms with E-state index in [9.17, 15) is 0 Å². The molecule has 0 amide bonds. The Morgan fingerprint density at radius 2 is 2.45 bits per heavy atom. The Morgan fingerprint density at radius 1 is 1.55 bits per heavy atom. The van der Waals surface area contributed by atoms with Crippen LogP contribution in [0.5, 0.6) is 0 Å². The first kappa shape index (κ1) is 7.53. The van der Waals surface area contributed by atoms with Gasteiger partial charge < -0.3 is 4.74 Å². The average molecular weight is 156 g/mol. The van der Waals surface area contributed by atoms with E-state index in [1.54, 1.807) is 0 Å². The molecule has 3 saturated heterocycles. The lowest BCUT2D eigenvalue weighted by Crippen LogP contribution is -2.59. The molecule has 0 aliphatic carbocycles. The van der Waals surface area contributed by atoms with E-state index in [2.05, 4.69) is 17.4 Å². The van der Waals surface area contributed by atoms with Gasteiger partial charge in [0, 0.05) is 19.1 Å². The number of ether oxygens (including phenoxy) is 1. The van der Waals surface area contributed by atoms with Gasteiger partial charge in [0.25, 0.3) is 0 Å². The molecular formula is C8H16N2O. The number of nitrogens with one attached hydrogen (secondary N) is 1. The molecule has 3 nitrogen and oxygen atoms in total. The summed E-state index contributed by atoms with van der Waals surface area (Å²) in [5, 5.41) is 2.34. The van der Waals surface area contributed by atoms with E-state index in [-0.39, 0.29) is 0 Å². The molecule has 0 radical (unpaired) electrons. The van der Waals surface area contributed by atoms with Crippen molar-refractivity contribution in [2.75, 3.05) is 19.7 Å². The van der Waals surface area contributed by atoms with Crippen LogP contribution in [0, 0.1) is 0 Å². The number of rotatable bonds is 2. The van der Waals surface area contributed by atoms with Crippen LogP contribution in [0.4, 0.5) is 0 Å².